The Morgan fingerprint density at radius 3 is 2.79 bits per heavy atom. The molecule has 1 unspecified atom stereocenters. The number of likely N-dealkylation sites (tertiary alicyclic amines) is 1. The van der Waals surface area contributed by atoms with Crippen LogP contribution in [0.15, 0.2) is 40.6 Å². The first-order valence-corrected chi connectivity index (χ1v) is 11.8. The molecule has 2 aromatic rings. The smallest absolute Gasteiger partial charge is 0.242 e. The van der Waals surface area contributed by atoms with Crippen LogP contribution in [0, 0.1) is 0 Å². The van der Waals surface area contributed by atoms with Gasteiger partial charge in [-0.15, -0.1) is 11.3 Å². The van der Waals surface area contributed by atoms with E-state index in [0.29, 0.717) is 6.54 Å². The van der Waals surface area contributed by atoms with Crippen LogP contribution >= 0.6 is 11.3 Å². The minimum absolute atomic E-state index is 0.115. The van der Waals surface area contributed by atoms with Crippen molar-refractivity contribution in [2.24, 2.45) is 0 Å². The van der Waals surface area contributed by atoms with Crippen LogP contribution in [0.3, 0.4) is 0 Å². The number of amides is 1. The zero-order valence-corrected chi connectivity index (χ0v) is 17.8. The monoisotopic (exact) mass is 419 g/mol. The molecule has 8 heteroatoms. The van der Waals surface area contributed by atoms with Crippen LogP contribution in [0.1, 0.15) is 29.3 Å². The number of benzene rings is 1. The van der Waals surface area contributed by atoms with Crippen LogP contribution in [-0.2, 0) is 21.2 Å². The first-order chi connectivity index (χ1) is 13.4. The summed E-state index contributed by atoms with van der Waals surface area (Å²) in [7, 11) is -0.432. The molecule has 2 aliphatic heterocycles. The predicted molar refractivity (Wildman–Crippen MR) is 111 cm³/mol. The Hall–Kier alpha value is -1.90. The van der Waals surface area contributed by atoms with E-state index < -0.39 is 10.0 Å². The maximum Gasteiger partial charge on any atom is 0.242 e. The fourth-order valence-electron chi connectivity index (χ4n) is 4.06. The van der Waals surface area contributed by atoms with Gasteiger partial charge in [-0.3, -0.25) is 4.79 Å². The number of sulfonamides is 1. The lowest BCUT2D eigenvalue weighted by atomic mass is 10.2. The number of nitrogens with zero attached hydrogens (tertiary/aromatic N) is 3. The molecule has 0 spiro atoms. The Balaban J connectivity index is 1.54. The molecule has 0 aliphatic carbocycles. The SMILES string of the molecule is CN(C)S(=O)(=O)c1ccc2c(c1)N(CC(=O)N1CCCC1c1cccs1)CC2. The number of carbonyl (C=O) groups is 1. The van der Waals surface area contributed by atoms with Gasteiger partial charge in [0.1, 0.15) is 0 Å². The summed E-state index contributed by atoms with van der Waals surface area (Å²) in [5.74, 6) is 0.115. The lowest BCUT2D eigenvalue weighted by molar-refractivity contribution is -0.130. The second kappa shape index (κ2) is 7.50. The maximum atomic E-state index is 13.1. The average Bonchev–Trinajstić information content (AvgIpc) is 3.41. The third-order valence-electron chi connectivity index (χ3n) is 5.60. The van der Waals surface area contributed by atoms with Crippen LogP contribution in [0.5, 0.6) is 0 Å². The molecular weight excluding hydrogens is 394 g/mol. The summed E-state index contributed by atoms with van der Waals surface area (Å²) in [6.45, 7) is 1.82. The third-order valence-corrected chi connectivity index (χ3v) is 8.38. The summed E-state index contributed by atoms with van der Waals surface area (Å²) < 4.78 is 26.2. The predicted octanol–water partition coefficient (Wildman–Crippen LogP) is 2.72. The zero-order chi connectivity index (χ0) is 19.9. The van der Waals surface area contributed by atoms with Gasteiger partial charge < -0.3 is 9.80 Å². The first-order valence-electron chi connectivity index (χ1n) is 9.51. The van der Waals surface area contributed by atoms with Crippen molar-refractivity contribution < 1.29 is 13.2 Å². The Bertz CT molecular complexity index is 971. The van der Waals surface area contributed by atoms with Gasteiger partial charge in [0.2, 0.25) is 15.9 Å². The number of fused-ring (bicyclic) bond motifs is 1. The molecule has 3 heterocycles. The minimum Gasteiger partial charge on any atom is -0.362 e. The second-order valence-corrected chi connectivity index (χ2v) is 10.6. The van der Waals surface area contributed by atoms with E-state index >= 15 is 0 Å². The molecule has 2 aliphatic rings. The normalized spacial score (nSPS) is 19.5. The summed E-state index contributed by atoms with van der Waals surface area (Å²) in [5, 5.41) is 2.06. The van der Waals surface area contributed by atoms with Gasteiger partial charge in [-0.1, -0.05) is 12.1 Å². The van der Waals surface area contributed by atoms with Crippen molar-refractivity contribution in [3.63, 3.8) is 0 Å². The fourth-order valence-corrected chi connectivity index (χ4v) is 5.85. The third kappa shape index (κ3) is 3.44. The topological polar surface area (TPSA) is 60.9 Å². The Kier molecular flexibility index (Phi) is 5.20. The van der Waals surface area contributed by atoms with Crippen molar-refractivity contribution in [1.29, 1.82) is 0 Å². The number of anilines is 1. The lowest BCUT2D eigenvalue weighted by Crippen LogP contribution is -2.39. The highest BCUT2D eigenvalue weighted by Crippen LogP contribution is 2.36. The molecule has 0 radical (unpaired) electrons. The molecule has 0 saturated carbocycles. The summed E-state index contributed by atoms with van der Waals surface area (Å²) in [5.41, 5.74) is 1.96. The number of hydrogen-bond acceptors (Lipinski definition) is 5. The highest BCUT2D eigenvalue weighted by molar-refractivity contribution is 7.89. The van der Waals surface area contributed by atoms with Gasteiger partial charge >= 0.3 is 0 Å². The Labute approximate surface area is 170 Å². The molecule has 150 valence electrons. The van der Waals surface area contributed by atoms with Gasteiger partial charge in [-0.2, -0.15) is 0 Å². The van der Waals surface area contributed by atoms with Crippen LogP contribution in [-0.4, -0.2) is 57.3 Å². The van der Waals surface area contributed by atoms with Crippen molar-refractivity contribution >= 4 is 33.0 Å². The van der Waals surface area contributed by atoms with Crippen molar-refractivity contribution in [3.8, 4) is 0 Å². The van der Waals surface area contributed by atoms with Gasteiger partial charge in [0.25, 0.3) is 0 Å². The molecule has 1 aromatic heterocycles. The largest absolute Gasteiger partial charge is 0.362 e. The molecule has 1 fully saturated rings. The molecule has 1 atom stereocenters. The van der Waals surface area contributed by atoms with E-state index in [1.165, 1.54) is 23.3 Å². The first kappa shape index (κ1) is 19.4. The van der Waals surface area contributed by atoms with Crippen molar-refractivity contribution in [3.05, 3.63) is 46.2 Å². The number of carbonyl (C=O) groups excluding carboxylic acids is 1. The van der Waals surface area contributed by atoms with Gasteiger partial charge in [0.05, 0.1) is 17.5 Å². The van der Waals surface area contributed by atoms with Crippen molar-refractivity contribution in [2.75, 3.05) is 38.6 Å². The molecule has 28 heavy (non-hydrogen) atoms. The van der Waals surface area contributed by atoms with Gasteiger partial charge in [-0.05, 0) is 48.4 Å². The molecule has 0 N–H and O–H groups in total. The summed E-state index contributed by atoms with van der Waals surface area (Å²) >= 11 is 1.70. The highest BCUT2D eigenvalue weighted by Gasteiger charge is 2.33. The molecule has 1 aromatic carbocycles. The van der Waals surface area contributed by atoms with Crippen molar-refractivity contribution in [2.45, 2.75) is 30.2 Å². The summed E-state index contributed by atoms with van der Waals surface area (Å²) in [4.78, 5) is 18.6. The van der Waals surface area contributed by atoms with E-state index in [9.17, 15) is 13.2 Å². The lowest BCUT2D eigenvalue weighted by Gasteiger charge is -2.27. The van der Waals surface area contributed by atoms with Crippen molar-refractivity contribution in [1.82, 2.24) is 9.21 Å². The summed E-state index contributed by atoms with van der Waals surface area (Å²) in [6.07, 6.45) is 2.86. The highest BCUT2D eigenvalue weighted by atomic mass is 32.2. The number of rotatable bonds is 5. The fraction of sp³-hybridized carbons (Fsp3) is 0.450. The molecule has 0 bridgehead atoms. The quantitative estimate of drug-likeness (QED) is 0.748. The molecular formula is C20H25N3O3S2. The van der Waals surface area contributed by atoms with Crippen LogP contribution < -0.4 is 4.90 Å². The number of hydrogen-bond donors (Lipinski definition) is 0. The van der Waals surface area contributed by atoms with Gasteiger partial charge in [0.15, 0.2) is 0 Å². The maximum absolute atomic E-state index is 13.1. The average molecular weight is 420 g/mol. The molecule has 1 saturated heterocycles. The van der Waals surface area contributed by atoms with E-state index in [-0.39, 0.29) is 16.8 Å². The van der Waals surface area contributed by atoms with Gasteiger partial charge in [-0.25, -0.2) is 12.7 Å². The molecule has 4 rings (SSSR count). The van der Waals surface area contributed by atoms with E-state index in [1.54, 1.807) is 23.5 Å². The van der Waals surface area contributed by atoms with E-state index in [4.69, 9.17) is 0 Å². The molecule has 6 nitrogen and oxygen atoms in total. The van der Waals surface area contributed by atoms with E-state index in [1.807, 2.05) is 21.9 Å². The van der Waals surface area contributed by atoms with Crippen LogP contribution in [0.25, 0.3) is 0 Å². The van der Waals surface area contributed by atoms with Crippen LogP contribution in [0.2, 0.25) is 0 Å². The summed E-state index contributed by atoms with van der Waals surface area (Å²) in [6, 6.07) is 9.56. The van der Waals surface area contributed by atoms with E-state index in [0.717, 1.165) is 43.6 Å². The Morgan fingerprint density at radius 2 is 2.07 bits per heavy atom. The molecule has 1 amide bonds. The minimum atomic E-state index is -3.49. The second-order valence-electron chi connectivity index (χ2n) is 7.51. The van der Waals surface area contributed by atoms with E-state index in [2.05, 4.69) is 11.4 Å². The zero-order valence-electron chi connectivity index (χ0n) is 16.2. The van der Waals surface area contributed by atoms with Gasteiger partial charge in [0, 0.05) is 37.7 Å². The van der Waals surface area contributed by atoms with Crippen LogP contribution in [0.4, 0.5) is 5.69 Å². The Morgan fingerprint density at radius 1 is 1.25 bits per heavy atom. The number of thiophene rings is 1. The standard InChI is InChI=1S/C20H25N3O3S2/c1-21(2)28(25,26)16-8-7-15-9-11-22(18(15)13-16)14-20(24)23-10-3-5-17(23)19-6-4-12-27-19/h4,6-8,12-13,17H,3,5,9-11,14H2,1-2H3.